The minimum absolute atomic E-state index is 0.106. The average molecular weight is 328 g/mol. The van der Waals surface area contributed by atoms with E-state index in [0.717, 1.165) is 17.7 Å². The number of anilines is 1. The lowest BCUT2D eigenvalue weighted by Crippen LogP contribution is -2.43. The van der Waals surface area contributed by atoms with Crippen LogP contribution in [0.15, 0.2) is 24.3 Å². The number of aromatic nitrogens is 4. The Morgan fingerprint density at radius 1 is 1.38 bits per heavy atom. The maximum atomic E-state index is 13.2. The molecule has 1 aromatic carbocycles. The van der Waals surface area contributed by atoms with Crippen molar-refractivity contribution in [2.24, 2.45) is 0 Å². The summed E-state index contributed by atoms with van der Waals surface area (Å²) in [6, 6.07) is 8.50. The molecule has 0 bridgehead atoms. The van der Waals surface area contributed by atoms with Crippen LogP contribution in [0, 0.1) is 0 Å². The molecule has 0 saturated heterocycles. The van der Waals surface area contributed by atoms with Crippen LogP contribution in [0.5, 0.6) is 0 Å². The van der Waals surface area contributed by atoms with Gasteiger partial charge in [0, 0.05) is 30.7 Å². The zero-order valence-electron chi connectivity index (χ0n) is 14.4. The molecule has 128 valence electrons. The third-order valence-electron chi connectivity index (χ3n) is 4.50. The molecule has 7 nitrogen and oxygen atoms in total. The number of nitrogens with zero attached hydrogens (tertiary/aromatic N) is 4. The summed E-state index contributed by atoms with van der Waals surface area (Å²) >= 11 is 0. The molecule has 1 amide bonds. The van der Waals surface area contributed by atoms with Gasteiger partial charge in [0.25, 0.3) is 0 Å². The summed E-state index contributed by atoms with van der Waals surface area (Å²) in [6.45, 7) is 6.81. The molecule has 0 radical (unpaired) electrons. The molecule has 1 aromatic heterocycles. The number of carbonyl (C=O) groups excluding carboxylic acids is 1. The number of hydrogen-bond acceptors (Lipinski definition) is 5. The molecule has 0 fully saturated rings. The Hall–Kier alpha value is -2.44. The number of hydrogen-bond donors (Lipinski definition) is 2. The van der Waals surface area contributed by atoms with E-state index in [1.54, 1.807) is 0 Å². The SMILES string of the molecule is CC(C)N(CCc1nn[nH]n1)C(=O)[C@@H]1C[C@H](C)Nc2ccccc21. The number of rotatable bonds is 5. The van der Waals surface area contributed by atoms with E-state index in [1.165, 1.54) is 0 Å². The maximum Gasteiger partial charge on any atom is 0.230 e. The van der Waals surface area contributed by atoms with Gasteiger partial charge in [-0.15, -0.1) is 10.2 Å². The third kappa shape index (κ3) is 3.39. The molecule has 7 heteroatoms. The summed E-state index contributed by atoms with van der Waals surface area (Å²) in [6.07, 6.45) is 1.41. The number of carbonyl (C=O) groups is 1. The predicted molar refractivity (Wildman–Crippen MR) is 91.6 cm³/mol. The van der Waals surface area contributed by atoms with Crippen LogP contribution in [0.2, 0.25) is 0 Å². The number of para-hydroxylation sites is 1. The van der Waals surface area contributed by atoms with Crippen molar-refractivity contribution < 1.29 is 4.79 Å². The highest BCUT2D eigenvalue weighted by Gasteiger charge is 2.33. The summed E-state index contributed by atoms with van der Waals surface area (Å²) in [5, 5.41) is 17.4. The van der Waals surface area contributed by atoms with Gasteiger partial charge < -0.3 is 10.2 Å². The van der Waals surface area contributed by atoms with Gasteiger partial charge in [-0.1, -0.05) is 23.4 Å². The Balaban J connectivity index is 1.79. The molecule has 1 aliphatic heterocycles. The van der Waals surface area contributed by atoms with Crippen molar-refractivity contribution in [2.75, 3.05) is 11.9 Å². The highest BCUT2D eigenvalue weighted by molar-refractivity contribution is 5.86. The molecular weight excluding hydrogens is 304 g/mol. The summed E-state index contributed by atoms with van der Waals surface area (Å²) in [4.78, 5) is 15.2. The average Bonchev–Trinajstić information content (AvgIpc) is 3.07. The molecule has 0 unspecified atom stereocenters. The van der Waals surface area contributed by atoms with Crippen LogP contribution in [0.4, 0.5) is 5.69 Å². The highest BCUT2D eigenvalue weighted by Crippen LogP contribution is 2.35. The zero-order chi connectivity index (χ0) is 17.1. The van der Waals surface area contributed by atoms with Crippen LogP contribution in [0.3, 0.4) is 0 Å². The van der Waals surface area contributed by atoms with Gasteiger partial charge in [-0.3, -0.25) is 4.79 Å². The molecule has 24 heavy (non-hydrogen) atoms. The predicted octanol–water partition coefficient (Wildman–Crippen LogP) is 1.97. The molecule has 2 heterocycles. The first kappa shape index (κ1) is 16.4. The topological polar surface area (TPSA) is 86.8 Å². The van der Waals surface area contributed by atoms with Crippen molar-refractivity contribution in [3.63, 3.8) is 0 Å². The van der Waals surface area contributed by atoms with Crippen molar-refractivity contribution in [1.29, 1.82) is 0 Å². The van der Waals surface area contributed by atoms with E-state index < -0.39 is 0 Å². The van der Waals surface area contributed by atoms with Gasteiger partial charge in [0.05, 0.1) is 5.92 Å². The van der Waals surface area contributed by atoms with Crippen molar-refractivity contribution in [3.8, 4) is 0 Å². The Kier molecular flexibility index (Phi) is 4.78. The molecule has 2 atom stereocenters. The van der Waals surface area contributed by atoms with Gasteiger partial charge in [-0.05, 0) is 38.8 Å². The number of tetrazole rings is 1. The minimum Gasteiger partial charge on any atom is -0.382 e. The number of amides is 1. The second kappa shape index (κ2) is 6.98. The lowest BCUT2D eigenvalue weighted by molar-refractivity contribution is -0.134. The lowest BCUT2D eigenvalue weighted by Gasteiger charge is -2.35. The smallest absolute Gasteiger partial charge is 0.230 e. The first-order valence-electron chi connectivity index (χ1n) is 8.44. The molecule has 0 spiro atoms. The second-order valence-electron chi connectivity index (χ2n) is 6.62. The van der Waals surface area contributed by atoms with E-state index in [-0.39, 0.29) is 23.9 Å². The Morgan fingerprint density at radius 3 is 2.88 bits per heavy atom. The van der Waals surface area contributed by atoms with E-state index >= 15 is 0 Å². The lowest BCUT2D eigenvalue weighted by atomic mass is 9.86. The summed E-state index contributed by atoms with van der Waals surface area (Å²) in [7, 11) is 0. The van der Waals surface area contributed by atoms with Crippen LogP contribution in [0.25, 0.3) is 0 Å². The Bertz CT molecular complexity index is 684. The first-order valence-corrected chi connectivity index (χ1v) is 8.44. The molecule has 2 N–H and O–H groups in total. The van der Waals surface area contributed by atoms with E-state index in [1.807, 2.05) is 36.9 Å². The number of fused-ring (bicyclic) bond motifs is 1. The molecule has 2 aromatic rings. The van der Waals surface area contributed by atoms with Gasteiger partial charge in [0.2, 0.25) is 5.91 Å². The van der Waals surface area contributed by atoms with Gasteiger partial charge >= 0.3 is 0 Å². The summed E-state index contributed by atoms with van der Waals surface area (Å²) < 4.78 is 0. The zero-order valence-corrected chi connectivity index (χ0v) is 14.4. The molecular formula is C17H24N6O. The van der Waals surface area contributed by atoms with Crippen LogP contribution < -0.4 is 5.32 Å². The molecule has 3 rings (SSSR count). The molecule has 0 saturated carbocycles. The Labute approximate surface area is 141 Å². The van der Waals surface area contributed by atoms with Crippen molar-refractivity contribution >= 4 is 11.6 Å². The largest absolute Gasteiger partial charge is 0.382 e. The number of aromatic amines is 1. The number of benzene rings is 1. The number of nitrogens with one attached hydrogen (secondary N) is 2. The quantitative estimate of drug-likeness (QED) is 0.876. The molecule has 0 aliphatic carbocycles. The van der Waals surface area contributed by atoms with Crippen LogP contribution in [0.1, 0.15) is 44.5 Å². The van der Waals surface area contributed by atoms with Gasteiger partial charge in [0.1, 0.15) is 0 Å². The van der Waals surface area contributed by atoms with Gasteiger partial charge in [-0.25, -0.2) is 0 Å². The Morgan fingerprint density at radius 2 is 2.17 bits per heavy atom. The van der Waals surface area contributed by atoms with E-state index in [9.17, 15) is 4.79 Å². The summed E-state index contributed by atoms with van der Waals surface area (Å²) in [5.74, 6) is 0.701. The van der Waals surface area contributed by atoms with Gasteiger partial charge in [0.15, 0.2) is 5.82 Å². The van der Waals surface area contributed by atoms with E-state index in [0.29, 0.717) is 18.8 Å². The highest BCUT2D eigenvalue weighted by atomic mass is 16.2. The van der Waals surface area contributed by atoms with E-state index in [2.05, 4.69) is 38.9 Å². The maximum absolute atomic E-state index is 13.2. The van der Waals surface area contributed by atoms with Crippen molar-refractivity contribution in [2.45, 2.75) is 51.6 Å². The second-order valence-corrected chi connectivity index (χ2v) is 6.62. The van der Waals surface area contributed by atoms with Crippen molar-refractivity contribution in [1.82, 2.24) is 25.5 Å². The third-order valence-corrected chi connectivity index (χ3v) is 4.50. The van der Waals surface area contributed by atoms with Crippen molar-refractivity contribution in [3.05, 3.63) is 35.7 Å². The fourth-order valence-electron chi connectivity index (χ4n) is 3.30. The fraction of sp³-hybridized carbons (Fsp3) is 0.529. The monoisotopic (exact) mass is 328 g/mol. The van der Waals surface area contributed by atoms with Gasteiger partial charge in [-0.2, -0.15) is 5.21 Å². The van der Waals surface area contributed by atoms with Crippen LogP contribution >= 0.6 is 0 Å². The standard InChI is InChI=1S/C17H24N6O/c1-11(2)23(9-8-16-19-21-22-20-16)17(24)14-10-12(3)18-15-7-5-4-6-13(14)15/h4-7,11-12,14,18H,8-10H2,1-3H3,(H,19,20,21,22)/t12-,14+/m0/s1. The summed E-state index contributed by atoms with van der Waals surface area (Å²) in [5.41, 5.74) is 2.15. The number of H-pyrrole nitrogens is 1. The van der Waals surface area contributed by atoms with E-state index in [4.69, 9.17) is 0 Å². The normalized spacial score (nSPS) is 19.7. The van der Waals surface area contributed by atoms with Crippen LogP contribution in [-0.2, 0) is 11.2 Å². The fourth-order valence-corrected chi connectivity index (χ4v) is 3.30. The van der Waals surface area contributed by atoms with Crippen LogP contribution in [-0.4, -0.2) is 50.1 Å². The molecule has 1 aliphatic rings. The minimum atomic E-state index is -0.106. The first-order chi connectivity index (χ1) is 11.6.